The van der Waals surface area contributed by atoms with Gasteiger partial charge in [-0.1, -0.05) is 24.6 Å². The topological polar surface area (TPSA) is 82.1 Å². The summed E-state index contributed by atoms with van der Waals surface area (Å²) in [6.45, 7) is 4.97. The number of aliphatic imine (C=N–C) groups is 1. The van der Waals surface area contributed by atoms with E-state index in [1.54, 1.807) is 12.1 Å². The van der Waals surface area contributed by atoms with Gasteiger partial charge in [0.25, 0.3) is 5.91 Å². The van der Waals surface area contributed by atoms with Gasteiger partial charge in [-0.2, -0.15) is 0 Å². The maximum atomic E-state index is 12.9. The van der Waals surface area contributed by atoms with Gasteiger partial charge in [-0.15, -0.1) is 0 Å². The average molecular weight is 344 g/mol. The number of amides is 4. The molecule has 1 aliphatic heterocycles. The van der Waals surface area contributed by atoms with Crippen molar-refractivity contribution < 1.29 is 14.4 Å². The predicted octanol–water partition coefficient (Wildman–Crippen LogP) is 1.61. The summed E-state index contributed by atoms with van der Waals surface area (Å²) >= 11 is 0. The molecule has 1 saturated heterocycles. The van der Waals surface area contributed by atoms with Crippen LogP contribution in [0.5, 0.6) is 0 Å². The van der Waals surface area contributed by atoms with Gasteiger partial charge in [0.05, 0.1) is 12.2 Å². The minimum Gasteiger partial charge on any atom is -0.308 e. The molecule has 1 aliphatic rings. The van der Waals surface area contributed by atoms with E-state index in [0.29, 0.717) is 30.9 Å². The van der Waals surface area contributed by atoms with E-state index in [1.165, 1.54) is 0 Å². The number of hydrogen-bond acceptors (Lipinski definition) is 5. The quantitative estimate of drug-likeness (QED) is 0.628. The van der Waals surface area contributed by atoms with E-state index in [4.69, 9.17) is 0 Å². The highest BCUT2D eigenvalue weighted by molar-refractivity contribution is 6.35. The van der Waals surface area contributed by atoms with Crippen LogP contribution in [0, 0.1) is 12.8 Å². The van der Waals surface area contributed by atoms with Gasteiger partial charge in [-0.3, -0.25) is 19.9 Å². The van der Waals surface area contributed by atoms with Crippen molar-refractivity contribution in [2.24, 2.45) is 10.9 Å². The molecule has 1 heterocycles. The number of carbonyl (C=O) groups is 3. The molecule has 0 spiro atoms. The van der Waals surface area contributed by atoms with Gasteiger partial charge in [-0.25, -0.2) is 9.69 Å². The van der Waals surface area contributed by atoms with Crippen LogP contribution < -0.4 is 10.2 Å². The molecular weight excluding hydrogens is 320 g/mol. The minimum atomic E-state index is -1.06. The Hall–Kier alpha value is -2.54. The molecule has 2 rings (SSSR count). The molecule has 25 heavy (non-hydrogen) atoms. The molecule has 0 bridgehead atoms. The molecule has 4 amide bonds. The van der Waals surface area contributed by atoms with Gasteiger partial charge in [-0.05, 0) is 39.6 Å². The van der Waals surface area contributed by atoms with E-state index < -0.39 is 23.8 Å². The Labute approximate surface area is 147 Å². The fourth-order valence-corrected chi connectivity index (χ4v) is 2.61. The van der Waals surface area contributed by atoms with Crippen molar-refractivity contribution in [1.82, 2.24) is 10.2 Å². The minimum absolute atomic E-state index is 0.439. The SMILES string of the molecule is CCC(=NCCN(C)C)C1C(=O)NC(=O)N(c2ccc(C)cc2)C1=O. The van der Waals surface area contributed by atoms with Crippen molar-refractivity contribution in [2.75, 3.05) is 32.1 Å². The van der Waals surface area contributed by atoms with E-state index in [-0.39, 0.29) is 0 Å². The van der Waals surface area contributed by atoms with Crippen molar-refractivity contribution in [2.45, 2.75) is 20.3 Å². The number of hydrogen-bond donors (Lipinski definition) is 1. The summed E-state index contributed by atoms with van der Waals surface area (Å²) in [7, 11) is 3.86. The number of anilines is 1. The summed E-state index contributed by atoms with van der Waals surface area (Å²) in [6, 6.07) is 6.28. The molecule has 0 aromatic heterocycles. The third kappa shape index (κ3) is 4.30. The molecule has 1 aromatic rings. The van der Waals surface area contributed by atoms with E-state index >= 15 is 0 Å². The Kier molecular flexibility index (Phi) is 6.03. The van der Waals surface area contributed by atoms with E-state index in [9.17, 15) is 14.4 Å². The zero-order chi connectivity index (χ0) is 18.6. The summed E-state index contributed by atoms with van der Waals surface area (Å²) in [4.78, 5) is 44.8. The largest absolute Gasteiger partial charge is 0.335 e. The Morgan fingerprint density at radius 3 is 2.40 bits per heavy atom. The normalized spacial score (nSPS) is 18.8. The van der Waals surface area contributed by atoms with Gasteiger partial charge in [0.1, 0.15) is 0 Å². The number of barbiturate groups is 1. The van der Waals surface area contributed by atoms with Crippen LogP contribution in [-0.2, 0) is 9.59 Å². The molecule has 1 unspecified atom stereocenters. The van der Waals surface area contributed by atoms with Crippen molar-refractivity contribution in [3.63, 3.8) is 0 Å². The van der Waals surface area contributed by atoms with Crippen LogP contribution in [0.25, 0.3) is 0 Å². The summed E-state index contributed by atoms with van der Waals surface area (Å²) in [5.41, 5.74) is 1.95. The van der Waals surface area contributed by atoms with E-state index in [1.807, 2.05) is 45.0 Å². The van der Waals surface area contributed by atoms with Gasteiger partial charge in [0.15, 0.2) is 5.92 Å². The van der Waals surface area contributed by atoms with E-state index in [0.717, 1.165) is 10.5 Å². The molecule has 7 heteroatoms. The molecule has 1 aromatic carbocycles. The molecule has 1 fully saturated rings. The molecule has 1 atom stereocenters. The number of imide groups is 2. The fraction of sp³-hybridized carbons (Fsp3) is 0.444. The van der Waals surface area contributed by atoms with Crippen molar-refractivity contribution in [3.05, 3.63) is 29.8 Å². The molecule has 134 valence electrons. The highest BCUT2D eigenvalue weighted by Gasteiger charge is 2.43. The molecule has 0 saturated carbocycles. The summed E-state index contributed by atoms with van der Waals surface area (Å²) in [5.74, 6) is -2.22. The number of aryl methyl sites for hydroxylation is 1. The Bertz CT molecular complexity index is 695. The van der Waals surface area contributed by atoms with E-state index in [2.05, 4.69) is 10.3 Å². The van der Waals surface area contributed by atoms with Crippen molar-refractivity contribution in [3.8, 4) is 0 Å². The standard InChI is InChI=1S/C18H24N4O3/c1-5-14(19-10-11-21(3)4)15-16(23)20-18(25)22(17(15)24)13-8-6-12(2)7-9-13/h6-9,15H,5,10-11H2,1-4H3,(H,20,23,25). The Morgan fingerprint density at radius 1 is 1.20 bits per heavy atom. The summed E-state index contributed by atoms with van der Waals surface area (Å²) in [5, 5.41) is 2.27. The van der Waals surface area contributed by atoms with Crippen LogP contribution >= 0.6 is 0 Å². The summed E-state index contributed by atoms with van der Waals surface area (Å²) < 4.78 is 0. The first kappa shape index (κ1) is 18.8. The zero-order valence-electron chi connectivity index (χ0n) is 15.1. The van der Waals surface area contributed by atoms with Crippen LogP contribution in [0.2, 0.25) is 0 Å². The summed E-state index contributed by atoms with van der Waals surface area (Å²) in [6.07, 6.45) is 0.465. The van der Waals surface area contributed by atoms with Gasteiger partial charge in [0, 0.05) is 12.3 Å². The van der Waals surface area contributed by atoms with Gasteiger partial charge < -0.3 is 4.90 Å². The molecule has 0 aliphatic carbocycles. The molecular formula is C18H24N4O3. The highest BCUT2D eigenvalue weighted by atomic mass is 16.2. The highest BCUT2D eigenvalue weighted by Crippen LogP contribution is 2.22. The van der Waals surface area contributed by atoms with Crippen LogP contribution in [0.3, 0.4) is 0 Å². The first-order valence-electron chi connectivity index (χ1n) is 8.28. The second kappa shape index (κ2) is 8.02. The number of nitrogens with zero attached hydrogens (tertiary/aromatic N) is 3. The first-order chi connectivity index (χ1) is 11.8. The van der Waals surface area contributed by atoms with Crippen molar-refractivity contribution in [1.29, 1.82) is 0 Å². The maximum absolute atomic E-state index is 12.9. The second-order valence-corrected chi connectivity index (χ2v) is 6.27. The zero-order valence-corrected chi connectivity index (χ0v) is 15.1. The maximum Gasteiger partial charge on any atom is 0.335 e. The Balaban J connectivity index is 2.31. The van der Waals surface area contributed by atoms with Gasteiger partial charge >= 0.3 is 6.03 Å². The molecule has 0 radical (unpaired) electrons. The van der Waals surface area contributed by atoms with Crippen LogP contribution in [0.4, 0.5) is 10.5 Å². The number of likely N-dealkylation sites (N-methyl/N-ethyl adjacent to an activating group) is 1. The second-order valence-electron chi connectivity index (χ2n) is 6.27. The van der Waals surface area contributed by atoms with Crippen LogP contribution in [0.1, 0.15) is 18.9 Å². The number of rotatable bonds is 6. The van der Waals surface area contributed by atoms with Crippen LogP contribution in [0.15, 0.2) is 29.3 Å². The first-order valence-corrected chi connectivity index (χ1v) is 8.28. The lowest BCUT2D eigenvalue weighted by molar-refractivity contribution is -0.131. The third-order valence-electron chi connectivity index (χ3n) is 4.01. The lowest BCUT2D eigenvalue weighted by Gasteiger charge is -2.30. The monoisotopic (exact) mass is 344 g/mol. The Morgan fingerprint density at radius 2 is 1.84 bits per heavy atom. The predicted molar refractivity (Wildman–Crippen MR) is 96.8 cm³/mol. The number of carbonyl (C=O) groups excluding carboxylic acids is 3. The average Bonchev–Trinajstić information content (AvgIpc) is 2.54. The van der Waals surface area contributed by atoms with Gasteiger partial charge in [0.2, 0.25) is 5.91 Å². The van der Waals surface area contributed by atoms with Crippen molar-refractivity contribution >= 4 is 29.2 Å². The number of urea groups is 1. The lowest BCUT2D eigenvalue weighted by atomic mass is 9.96. The number of benzene rings is 1. The molecule has 7 nitrogen and oxygen atoms in total. The fourth-order valence-electron chi connectivity index (χ4n) is 2.61. The third-order valence-corrected chi connectivity index (χ3v) is 4.01. The number of nitrogens with one attached hydrogen (secondary N) is 1. The molecule has 1 N–H and O–H groups in total. The lowest BCUT2D eigenvalue weighted by Crippen LogP contribution is -2.60. The van der Waals surface area contributed by atoms with Crippen LogP contribution in [-0.4, -0.2) is 55.6 Å². The smallest absolute Gasteiger partial charge is 0.308 e.